The second-order valence-electron chi connectivity index (χ2n) is 7.65. The molecule has 2 amide bonds. The van der Waals surface area contributed by atoms with E-state index in [-0.39, 0.29) is 18.6 Å². The third-order valence-electron chi connectivity index (χ3n) is 5.45. The van der Waals surface area contributed by atoms with E-state index in [0.29, 0.717) is 33.3 Å². The number of ether oxygens (including phenoxy) is 2. The zero-order valence-electron chi connectivity index (χ0n) is 18.8. The van der Waals surface area contributed by atoms with Crippen LogP contribution in [0.2, 0.25) is 5.02 Å². The summed E-state index contributed by atoms with van der Waals surface area (Å²) in [4.78, 5) is 30.6. The van der Waals surface area contributed by atoms with Crippen LogP contribution >= 0.6 is 11.6 Å². The van der Waals surface area contributed by atoms with Crippen LogP contribution in [0.1, 0.15) is 11.1 Å². The molecule has 0 spiro atoms. The molecule has 0 atom stereocenters. The number of benzene rings is 3. The van der Waals surface area contributed by atoms with Gasteiger partial charge in [-0.2, -0.15) is 0 Å². The molecule has 0 fully saturated rings. The van der Waals surface area contributed by atoms with Crippen molar-refractivity contribution in [1.82, 2.24) is 9.88 Å². The fourth-order valence-corrected chi connectivity index (χ4v) is 3.86. The van der Waals surface area contributed by atoms with Gasteiger partial charge in [0.2, 0.25) is 0 Å². The topological polar surface area (TPSA) is 83.7 Å². The molecule has 3 aromatic carbocycles. The number of carbonyl (C=O) groups excluding carboxylic acids is 1. The van der Waals surface area contributed by atoms with Gasteiger partial charge in [-0.3, -0.25) is 4.79 Å². The van der Waals surface area contributed by atoms with Crippen LogP contribution in [0.5, 0.6) is 11.5 Å². The first-order chi connectivity index (χ1) is 16.5. The molecule has 0 bridgehead atoms. The number of nitrogens with zero attached hydrogens (tertiary/aromatic N) is 1. The highest BCUT2D eigenvalue weighted by molar-refractivity contribution is 6.33. The number of aromatic nitrogens is 1. The predicted octanol–water partition coefficient (Wildman–Crippen LogP) is 5.43. The number of amides is 2. The number of hydrogen-bond donors (Lipinski definition) is 2. The average molecular weight is 478 g/mol. The molecule has 2 N–H and O–H groups in total. The summed E-state index contributed by atoms with van der Waals surface area (Å²) in [6, 6.07) is 21.2. The Bertz CT molecular complexity index is 1390. The lowest BCUT2D eigenvalue weighted by Gasteiger charge is -2.24. The molecule has 174 valence electrons. The Morgan fingerprint density at radius 1 is 0.941 bits per heavy atom. The summed E-state index contributed by atoms with van der Waals surface area (Å²) in [6.45, 7) is 0.284. The largest absolute Gasteiger partial charge is 0.497 e. The molecular formula is C26H24ClN3O4. The molecule has 1 heterocycles. The molecule has 0 unspecified atom stereocenters. The van der Waals surface area contributed by atoms with Crippen LogP contribution in [0.25, 0.3) is 10.9 Å². The van der Waals surface area contributed by atoms with Crippen LogP contribution in [-0.2, 0) is 13.1 Å². The first kappa shape index (κ1) is 23.2. The van der Waals surface area contributed by atoms with Gasteiger partial charge >= 0.3 is 6.03 Å². The number of methoxy groups -OCH3 is 2. The molecule has 8 heteroatoms. The number of H-pyrrole nitrogens is 1. The van der Waals surface area contributed by atoms with Crippen LogP contribution in [0.4, 0.5) is 10.5 Å². The van der Waals surface area contributed by atoms with Crippen molar-refractivity contribution in [3.8, 4) is 11.5 Å². The normalized spacial score (nSPS) is 10.7. The van der Waals surface area contributed by atoms with E-state index in [9.17, 15) is 9.59 Å². The zero-order chi connectivity index (χ0) is 24.1. The average Bonchev–Trinajstić information content (AvgIpc) is 2.85. The monoisotopic (exact) mass is 477 g/mol. The fraction of sp³-hybridized carbons (Fsp3) is 0.154. The third-order valence-corrected chi connectivity index (χ3v) is 5.78. The van der Waals surface area contributed by atoms with Gasteiger partial charge in [0.15, 0.2) is 0 Å². The van der Waals surface area contributed by atoms with Crippen LogP contribution in [0.15, 0.2) is 77.6 Å². The quantitative estimate of drug-likeness (QED) is 0.371. The van der Waals surface area contributed by atoms with Gasteiger partial charge < -0.3 is 24.7 Å². The Morgan fingerprint density at radius 2 is 1.68 bits per heavy atom. The molecule has 4 aromatic rings. The number of hydrogen-bond acceptors (Lipinski definition) is 4. The number of halogens is 1. The van der Waals surface area contributed by atoms with Gasteiger partial charge in [0.1, 0.15) is 11.5 Å². The Hall–Kier alpha value is -3.97. The minimum Gasteiger partial charge on any atom is -0.497 e. The molecule has 1 aromatic heterocycles. The van der Waals surface area contributed by atoms with Crippen molar-refractivity contribution in [2.75, 3.05) is 19.5 Å². The van der Waals surface area contributed by atoms with E-state index in [1.807, 2.05) is 30.3 Å². The molecule has 0 saturated carbocycles. The maximum atomic E-state index is 13.3. The number of para-hydroxylation sites is 2. The van der Waals surface area contributed by atoms with Crippen LogP contribution < -0.4 is 20.3 Å². The van der Waals surface area contributed by atoms with Gasteiger partial charge in [0.25, 0.3) is 5.56 Å². The Balaban J connectivity index is 1.70. The summed E-state index contributed by atoms with van der Waals surface area (Å²) < 4.78 is 10.8. The predicted molar refractivity (Wildman–Crippen MR) is 134 cm³/mol. The van der Waals surface area contributed by atoms with E-state index < -0.39 is 6.03 Å². The van der Waals surface area contributed by atoms with Crippen molar-refractivity contribution in [3.63, 3.8) is 0 Å². The highest BCUT2D eigenvalue weighted by atomic mass is 35.5. The standard InChI is InChI=1S/C26H24ClN3O4/c1-33-20-11-12-22-18(14-20)13-19(25(31)28-22)16-30(15-17-7-3-6-10-24(17)34-2)26(32)29-23-9-5-4-8-21(23)27/h3-14H,15-16H2,1-2H3,(H,28,31)(H,29,32). The van der Waals surface area contributed by atoms with Gasteiger partial charge in [0, 0.05) is 22.0 Å². The van der Waals surface area contributed by atoms with Crippen LogP contribution in [-0.4, -0.2) is 30.1 Å². The van der Waals surface area contributed by atoms with Gasteiger partial charge in [0.05, 0.1) is 38.0 Å². The maximum absolute atomic E-state index is 13.3. The summed E-state index contributed by atoms with van der Waals surface area (Å²) >= 11 is 6.24. The SMILES string of the molecule is COc1ccc2[nH]c(=O)c(CN(Cc3ccccc3OC)C(=O)Nc3ccccc3Cl)cc2c1. The molecule has 34 heavy (non-hydrogen) atoms. The lowest BCUT2D eigenvalue weighted by Crippen LogP contribution is -2.36. The molecule has 7 nitrogen and oxygen atoms in total. The number of urea groups is 1. The third kappa shape index (κ3) is 5.15. The van der Waals surface area contributed by atoms with Gasteiger partial charge in [-0.1, -0.05) is 41.9 Å². The second kappa shape index (κ2) is 10.3. The smallest absolute Gasteiger partial charge is 0.322 e. The number of nitrogens with one attached hydrogen (secondary N) is 2. The van der Waals surface area contributed by atoms with E-state index in [0.717, 1.165) is 10.9 Å². The minimum absolute atomic E-state index is 0.0663. The second-order valence-corrected chi connectivity index (χ2v) is 8.06. The summed E-state index contributed by atoms with van der Waals surface area (Å²) in [6.07, 6.45) is 0. The van der Waals surface area contributed by atoms with Crippen molar-refractivity contribution in [2.24, 2.45) is 0 Å². The van der Waals surface area contributed by atoms with Crippen LogP contribution in [0.3, 0.4) is 0 Å². The number of fused-ring (bicyclic) bond motifs is 1. The molecular weight excluding hydrogens is 454 g/mol. The van der Waals surface area contributed by atoms with Crippen molar-refractivity contribution in [1.29, 1.82) is 0 Å². The van der Waals surface area contributed by atoms with Crippen molar-refractivity contribution < 1.29 is 14.3 Å². The molecule has 0 aliphatic carbocycles. The Kier molecular flexibility index (Phi) is 7.04. The minimum atomic E-state index is -0.399. The number of pyridine rings is 1. The van der Waals surface area contributed by atoms with E-state index in [2.05, 4.69) is 10.3 Å². The van der Waals surface area contributed by atoms with E-state index in [1.165, 1.54) is 4.90 Å². The summed E-state index contributed by atoms with van der Waals surface area (Å²) in [7, 11) is 3.16. The van der Waals surface area contributed by atoms with Gasteiger partial charge in [-0.15, -0.1) is 0 Å². The van der Waals surface area contributed by atoms with Crippen molar-refractivity contribution >= 4 is 34.2 Å². The number of anilines is 1. The van der Waals surface area contributed by atoms with Crippen molar-refractivity contribution in [3.05, 3.63) is 99.3 Å². The van der Waals surface area contributed by atoms with Gasteiger partial charge in [-0.05, 0) is 42.5 Å². The first-order valence-electron chi connectivity index (χ1n) is 10.6. The fourth-order valence-electron chi connectivity index (χ4n) is 3.68. The number of carbonyl (C=O) groups is 1. The van der Waals surface area contributed by atoms with Crippen LogP contribution in [0, 0.1) is 0 Å². The van der Waals surface area contributed by atoms with Gasteiger partial charge in [-0.25, -0.2) is 4.79 Å². The zero-order valence-corrected chi connectivity index (χ0v) is 19.6. The van der Waals surface area contributed by atoms with Crippen molar-refractivity contribution in [2.45, 2.75) is 13.1 Å². The van der Waals surface area contributed by atoms with E-state index in [4.69, 9.17) is 21.1 Å². The highest BCUT2D eigenvalue weighted by Crippen LogP contribution is 2.24. The number of aromatic amines is 1. The molecule has 0 aliphatic rings. The lowest BCUT2D eigenvalue weighted by molar-refractivity contribution is 0.205. The highest BCUT2D eigenvalue weighted by Gasteiger charge is 2.19. The van der Waals surface area contributed by atoms with E-state index in [1.54, 1.807) is 56.7 Å². The molecule has 0 aliphatic heterocycles. The lowest BCUT2D eigenvalue weighted by atomic mass is 10.1. The first-order valence-corrected chi connectivity index (χ1v) is 11.0. The number of rotatable bonds is 7. The molecule has 4 rings (SSSR count). The Labute approximate surface area is 201 Å². The Morgan fingerprint density at radius 3 is 2.44 bits per heavy atom. The summed E-state index contributed by atoms with van der Waals surface area (Å²) in [5.74, 6) is 1.32. The molecule has 0 radical (unpaired) electrons. The summed E-state index contributed by atoms with van der Waals surface area (Å²) in [5.41, 5.74) is 2.14. The molecule has 0 saturated heterocycles. The van der Waals surface area contributed by atoms with E-state index >= 15 is 0 Å². The maximum Gasteiger partial charge on any atom is 0.322 e. The summed E-state index contributed by atoms with van der Waals surface area (Å²) in [5, 5.41) is 4.07.